The Morgan fingerprint density at radius 2 is 2.09 bits per heavy atom. The van der Waals surface area contributed by atoms with Crippen molar-refractivity contribution in [3.8, 4) is 5.75 Å². The lowest BCUT2D eigenvalue weighted by Crippen LogP contribution is -2.37. The molecule has 1 amide bonds. The van der Waals surface area contributed by atoms with Gasteiger partial charge in [-0.3, -0.25) is 4.79 Å². The zero-order valence-corrected chi connectivity index (χ0v) is 15.0. The van der Waals surface area contributed by atoms with E-state index in [9.17, 15) is 4.79 Å². The fourth-order valence-corrected chi connectivity index (χ4v) is 3.61. The van der Waals surface area contributed by atoms with Crippen LogP contribution in [0.15, 0.2) is 6.07 Å². The molecular formula is C19H29NO3. The van der Waals surface area contributed by atoms with E-state index in [1.165, 1.54) is 22.3 Å². The number of nitrogens with one attached hydrogen (secondary N) is 1. The first-order chi connectivity index (χ1) is 11.0. The summed E-state index contributed by atoms with van der Waals surface area (Å²) in [5, 5.41) is 2.96. The number of aryl methyl sites for hydroxylation is 1. The Kier molecular flexibility index (Phi) is 6.05. The highest BCUT2D eigenvalue weighted by molar-refractivity contribution is 5.78. The van der Waals surface area contributed by atoms with Crippen molar-refractivity contribution in [2.75, 3.05) is 27.4 Å². The fourth-order valence-electron chi connectivity index (χ4n) is 3.61. The minimum absolute atomic E-state index is 0.0194. The summed E-state index contributed by atoms with van der Waals surface area (Å²) >= 11 is 0. The van der Waals surface area contributed by atoms with E-state index in [-0.39, 0.29) is 11.8 Å². The largest absolute Gasteiger partial charge is 0.496 e. The summed E-state index contributed by atoms with van der Waals surface area (Å²) in [6, 6.07) is 2.13. The van der Waals surface area contributed by atoms with Crippen molar-refractivity contribution >= 4 is 5.91 Å². The van der Waals surface area contributed by atoms with E-state index in [4.69, 9.17) is 9.47 Å². The molecular weight excluding hydrogens is 290 g/mol. The van der Waals surface area contributed by atoms with Gasteiger partial charge in [0.2, 0.25) is 5.91 Å². The lowest BCUT2D eigenvalue weighted by Gasteiger charge is -2.31. The smallest absolute Gasteiger partial charge is 0.223 e. The molecule has 0 heterocycles. The van der Waals surface area contributed by atoms with Gasteiger partial charge < -0.3 is 14.8 Å². The van der Waals surface area contributed by atoms with Crippen LogP contribution < -0.4 is 10.1 Å². The van der Waals surface area contributed by atoms with Gasteiger partial charge in [-0.15, -0.1) is 0 Å². The van der Waals surface area contributed by atoms with Gasteiger partial charge in [0, 0.05) is 19.6 Å². The molecule has 128 valence electrons. The normalized spacial score (nSPS) is 18.2. The van der Waals surface area contributed by atoms with Crippen LogP contribution >= 0.6 is 0 Å². The minimum atomic E-state index is 0.0194. The first-order valence-corrected chi connectivity index (χ1v) is 8.42. The maximum Gasteiger partial charge on any atom is 0.223 e. The maximum atomic E-state index is 12.3. The quantitative estimate of drug-likeness (QED) is 0.820. The third kappa shape index (κ3) is 3.86. The number of carbonyl (C=O) groups excluding carboxylic acids is 1. The van der Waals surface area contributed by atoms with Crippen molar-refractivity contribution in [3.63, 3.8) is 0 Å². The number of hydrogen-bond acceptors (Lipinski definition) is 3. The van der Waals surface area contributed by atoms with E-state index < -0.39 is 0 Å². The molecule has 0 radical (unpaired) electrons. The number of rotatable bonds is 6. The van der Waals surface area contributed by atoms with Crippen LogP contribution in [0.3, 0.4) is 0 Å². The molecule has 1 aromatic carbocycles. The molecule has 23 heavy (non-hydrogen) atoms. The Morgan fingerprint density at radius 3 is 2.74 bits per heavy atom. The summed E-state index contributed by atoms with van der Waals surface area (Å²) in [6.07, 6.45) is 3.07. The molecule has 0 aromatic heterocycles. The molecule has 0 bridgehead atoms. The first kappa shape index (κ1) is 17.8. The average Bonchev–Trinajstić information content (AvgIpc) is 2.57. The number of ether oxygens (including phenoxy) is 2. The zero-order chi connectivity index (χ0) is 17.0. The number of hydrogen-bond donors (Lipinski definition) is 1. The number of carbonyl (C=O) groups is 1. The Labute approximate surface area is 139 Å². The molecule has 2 atom stereocenters. The van der Waals surface area contributed by atoms with E-state index in [0.29, 0.717) is 19.1 Å². The van der Waals surface area contributed by atoms with Gasteiger partial charge in [-0.2, -0.15) is 0 Å². The molecule has 0 spiro atoms. The van der Waals surface area contributed by atoms with E-state index in [1.807, 2.05) is 6.92 Å². The van der Waals surface area contributed by atoms with Crippen LogP contribution in [0.25, 0.3) is 0 Å². The molecule has 2 unspecified atom stereocenters. The van der Waals surface area contributed by atoms with Crippen molar-refractivity contribution in [1.29, 1.82) is 0 Å². The zero-order valence-electron chi connectivity index (χ0n) is 15.0. The second-order valence-electron chi connectivity index (χ2n) is 6.55. The van der Waals surface area contributed by atoms with Crippen LogP contribution in [0.4, 0.5) is 0 Å². The molecule has 1 aromatic rings. The Hall–Kier alpha value is -1.55. The number of fused-ring (bicyclic) bond motifs is 1. The minimum Gasteiger partial charge on any atom is -0.496 e. The highest BCUT2D eigenvalue weighted by Crippen LogP contribution is 2.37. The first-order valence-electron chi connectivity index (χ1n) is 8.42. The second-order valence-corrected chi connectivity index (χ2v) is 6.55. The molecule has 1 N–H and O–H groups in total. The summed E-state index contributed by atoms with van der Waals surface area (Å²) in [5.41, 5.74) is 5.36. The SMILES string of the molecule is COCCNC(=O)C(C)C1CCc2c(C)cc(OC)c(C)c2C1. The van der Waals surface area contributed by atoms with Gasteiger partial charge in [0.1, 0.15) is 5.75 Å². The van der Waals surface area contributed by atoms with Gasteiger partial charge in [0.15, 0.2) is 0 Å². The van der Waals surface area contributed by atoms with E-state index in [1.54, 1.807) is 14.2 Å². The molecule has 0 saturated heterocycles. The second kappa shape index (κ2) is 7.82. The van der Waals surface area contributed by atoms with Gasteiger partial charge in [-0.1, -0.05) is 6.92 Å². The average molecular weight is 319 g/mol. The molecule has 4 heteroatoms. The van der Waals surface area contributed by atoms with Gasteiger partial charge in [-0.25, -0.2) is 0 Å². The van der Waals surface area contributed by atoms with Crippen molar-refractivity contribution < 1.29 is 14.3 Å². The van der Waals surface area contributed by atoms with Crippen molar-refractivity contribution in [1.82, 2.24) is 5.32 Å². The standard InChI is InChI=1S/C19H29NO3/c1-12-10-18(23-5)14(3)17-11-15(6-7-16(12)17)13(2)19(21)20-8-9-22-4/h10,13,15H,6-9,11H2,1-5H3,(H,20,21). The summed E-state index contributed by atoms with van der Waals surface area (Å²) in [7, 11) is 3.37. The van der Waals surface area contributed by atoms with Gasteiger partial charge in [-0.05, 0) is 67.3 Å². The van der Waals surface area contributed by atoms with Crippen LogP contribution in [0.1, 0.15) is 35.6 Å². The van der Waals surface area contributed by atoms with Crippen molar-refractivity contribution in [2.24, 2.45) is 11.8 Å². The van der Waals surface area contributed by atoms with Crippen LogP contribution in [-0.2, 0) is 22.4 Å². The molecule has 2 rings (SSSR count). The third-order valence-electron chi connectivity index (χ3n) is 5.19. The molecule has 4 nitrogen and oxygen atoms in total. The fraction of sp³-hybridized carbons (Fsp3) is 0.632. The van der Waals surface area contributed by atoms with Gasteiger partial charge in [0.05, 0.1) is 13.7 Å². The number of amides is 1. The summed E-state index contributed by atoms with van der Waals surface area (Å²) < 4.78 is 10.5. The topological polar surface area (TPSA) is 47.6 Å². The van der Waals surface area contributed by atoms with Crippen LogP contribution in [0, 0.1) is 25.7 Å². The van der Waals surface area contributed by atoms with Crippen LogP contribution in [0.2, 0.25) is 0 Å². The van der Waals surface area contributed by atoms with Gasteiger partial charge in [0.25, 0.3) is 0 Å². The molecule has 0 aliphatic heterocycles. The van der Waals surface area contributed by atoms with E-state index in [0.717, 1.165) is 25.0 Å². The lowest BCUT2D eigenvalue weighted by atomic mass is 9.75. The van der Waals surface area contributed by atoms with E-state index in [2.05, 4.69) is 25.2 Å². The van der Waals surface area contributed by atoms with Crippen LogP contribution in [0.5, 0.6) is 5.75 Å². The molecule has 0 fully saturated rings. The number of benzene rings is 1. The predicted molar refractivity (Wildman–Crippen MR) is 92.0 cm³/mol. The lowest BCUT2D eigenvalue weighted by molar-refractivity contribution is -0.126. The summed E-state index contributed by atoms with van der Waals surface area (Å²) in [4.78, 5) is 12.3. The Balaban J connectivity index is 2.13. The Bertz CT molecular complexity index is 568. The maximum absolute atomic E-state index is 12.3. The van der Waals surface area contributed by atoms with Crippen molar-refractivity contribution in [3.05, 3.63) is 28.3 Å². The molecule has 0 saturated carbocycles. The highest BCUT2D eigenvalue weighted by atomic mass is 16.5. The van der Waals surface area contributed by atoms with Crippen LogP contribution in [-0.4, -0.2) is 33.3 Å². The summed E-state index contributed by atoms with van der Waals surface area (Å²) in [5.74, 6) is 1.49. The predicted octanol–water partition coefficient (Wildman–Crippen LogP) is 2.82. The monoisotopic (exact) mass is 319 g/mol. The third-order valence-corrected chi connectivity index (χ3v) is 5.19. The number of methoxy groups -OCH3 is 2. The molecule has 1 aliphatic carbocycles. The van der Waals surface area contributed by atoms with Crippen molar-refractivity contribution in [2.45, 2.75) is 40.0 Å². The van der Waals surface area contributed by atoms with Gasteiger partial charge >= 0.3 is 0 Å². The van der Waals surface area contributed by atoms with E-state index >= 15 is 0 Å². The molecule has 1 aliphatic rings. The Morgan fingerprint density at radius 1 is 1.35 bits per heavy atom. The highest BCUT2D eigenvalue weighted by Gasteiger charge is 2.30. The summed E-state index contributed by atoms with van der Waals surface area (Å²) in [6.45, 7) is 7.46.